The number of nitrogens with one attached hydrogen (secondary N) is 1. The minimum absolute atomic E-state index is 0.548. The molecule has 2 rings (SSSR count). The smallest absolute Gasteiger partial charge is 0.160 e. The maximum Gasteiger partial charge on any atom is 0.160 e. The fourth-order valence-corrected chi connectivity index (χ4v) is 2.33. The van der Waals surface area contributed by atoms with E-state index in [1.807, 2.05) is 18.2 Å². The Balaban J connectivity index is 2.15. The van der Waals surface area contributed by atoms with Crippen LogP contribution in [0.1, 0.15) is 26.2 Å². The van der Waals surface area contributed by atoms with Gasteiger partial charge in [0, 0.05) is 6.04 Å². The van der Waals surface area contributed by atoms with Crippen molar-refractivity contribution in [2.75, 3.05) is 12.4 Å². The van der Waals surface area contributed by atoms with E-state index in [2.05, 4.69) is 12.2 Å². The number of hydrogen-bond donors (Lipinski definition) is 1. The molecule has 1 aromatic carbocycles. The molecule has 1 aliphatic rings. The van der Waals surface area contributed by atoms with E-state index in [1.54, 1.807) is 7.11 Å². The second kappa shape index (κ2) is 4.96. The molecule has 2 nitrogen and oxygen atoms in total. The number of benzene rings is 1. The molecular formula is C13H18ClNO. The lowest BCUT2D eigenvalue weighted by molar-refractivity contribution is 0.415. The molecule has 88 valence electrons. The summed E-state index contributed by atoms with van der Waals surface area (Å²) in [6, 6.07) is 6.37. The molecule has 1 fully saturated rings. The highest BCUT2D eigenvalue weighted by Gasteiger charge is 2.30. The highest BCUT2D eigenvalue weighted by atomic mass is 35.5. The molecule has 0 aliphatic heterocycles. The molecule has 0 amide bonds. The normalized spacial score (nSPS) is 16.9. The van der Waals surface area contributed by atoms with Gasteiger partial charge in [-0.25, -0.2) is 0 Å². The van der Waals surface area contributed by atoms with Gasteiger partial charge in [0.1, 0.15) is 0 Å². The van der Waals surface area contributed by atoms with Crippen LogP contribution in [0.2, 0.25) is 5.02 Å². The lowest BCUT2D eigenvalue weighted by atomic mass is 10.1. The molecule has 0 radical (unpaired) electrons. The van der Waals surface area contributed by atoms with Crippen molar-refractivity contribution in [3.63, 3.8) is 0 Å². The summed E-state index contributed by atoms with van der Waals surface area (Å²) in [4.78, 5) is 0. The van der Waals surface area contributed by atoms with E-state index in [1.165, 1.54) is 12.8 Å². The fraction of sp³-hybridized carbons (Fsp3) is 0.538. The van der Waals surface area contributed by atoms with Gasteiger partial charge in [0.15, 0.2) is 5.75 Å². The molecule has 3 heteroatoms. The molecule has 1 N–H and O–H groups in total. The van der Waals surface area contributed by atoms with Crippen molar-refractivity contribution in [3.05, 3.63) is 23.2 Å². The highest BCUT2D eigenvalue weighted by molar-refractivity contribution is 6.32. The zero-order chi connectivity index (χ0) is 11.5. The minimum Gasteiger partial charge on any atom is -0.493 e. The van der Waals surface area contributed by atoms with E-state index in [0.29, 0.717) is 11.1 Å². The van der Waals surface area contributed by atoms with Crippen molar-refractivity contribution in [1.82, 2.24) is 0 Å². The SMILES string of the molecule is CCC(Nc1cccc(Cl)c1OC)C1CC1. The number of halogens is 1. The molecule has 0 heterocycles. The summed E-state index contributed by atoms with van der Waals surface area (Å²) < 4.78 is 5.33. The van der Waals surface area contributed by atoms with Crippen molar-refractivity contribution in [2.24, 2.45) is 5.92 Å². The second-order valence-electron chi connectivity index (χ2n) is 4.32. The van der Waals surface area contributed by atoms with Crippen molar-refractivity contribution < 1.29 is 4.74 Å². The first-order valence-electron chi connectivity index (χ1n) is 5.85. The molecular weight excluding hydrogens is 222 g/mol. The average Bonchev–Trinajstić information content (AvgIpc) is 3.10. The molecule has 1 aromatic rings. The van der Waals surface area contributed by atoms with Crippen LogP contribution >= 0.6 is 11.6 Å². The van der Waals surface area contributed by atoms with Crippen LogP contribution in [0.15, 0.2) is 18.2 Å². The largest absolute Gasteiger partial charge is 0.493 e. The lowest BCUT2D eigenvalue weighted by Gasteiger charge is -2.20. The van der Waals surface area contributed by atoms with Gasteiger partial charge in [0.25, 0.3) is 0 Å². The molecule has 16 heavy (non-hydrogen) atoms. The van der Waals surface area contributed by atoms with Gasteiger partial charge in [-0.1, -0.05) is 24.6 Å². The Labute approximate surface area is 102 Å². The van der Waals surface area contributed by atoms with Gasteiger partial charge < -0.3 is 10.1 Å². The Bertz CT molecular complexity index is 363. The van der Waals surface area contributed by atoms with Gasteiger partial charge in [-0.05, 0) is 37.3 Å². The quantitative estimate of drug-likeness (QED) is 0.840. The van der Waals surface area contributed by atoms with Gasteiger partial charge >= 0.3 is 0 Å². The summed E-state index contributed by atoms with van der Waals surface area (Å²) >= 11 is 6.09. The van der Waals surface area contributed by atoms with Gasteiger partial charge in [-0.2, -0.15) is 0 Å². The molecule has 0 saturated heterocycles. The summed E-state index contributed by atoms with van der Waals surface area (Å²) in [6.45, 7) is 2.22. The van der Waals surface area contributed by atoms with E-state index >= 15 is 0 Å². The predicted molar refractivity (Wildman–Crippen MR) is 68.4 cm³/mol. The minimum atomic E-state index is 0.548. The Morgan fingerprint density at radius 1 is 1.50 bits per heavy atom. The summed E-state index contributed by atoms with van der Waals surface area (Å²) in [5, 5.41) is 4.21. The summed E-state index contributed by atoms with van der Waals surface area (Å²) in [7, 11) is 1.66. The topological polar surface area (TPSA) is 21.3 Å². The predicted octanol–water partition coefficient (Wildman–Crippen LogP) is 3.95. The first-order chi connectivity index (χ1) is 7.76. The van der Waals surface area contributed by atoms with Crippen LogP contribution in [0.3, 0.4) is 0 Å². The number of hydrogen-bond acceptors (Lipinski definition) is 2. The molecule has 1 aliphatic carbocycles. The molecule has 0 spiro atoms. The number of para-hydroxylation sites is 1. The lowest BCUT2D eigenvalue weighted by Crippen LogP contribution is -2.21. The standard InChI is InChI=1S/C13H18ClNO/c1-3-11(9-7-8-9)15-12-6-4-5-10(14)13(12)16-2/h4-6,9,11,15H,3,7-8H2,1-2H3. The first kappa shape index (κ1) is 11.6. The maximum absolute atomic E-state index is 6.09. The maximum atomic E-state index is 6.09. The summed E-state index contributed by atoms with van der Waals surface area (Å²) in [5.74, 6) is 1.58. The van der Waals surface area contributed by atoms with Crippen LogP contribution in [0.25, 0.3) is 0 Å². The van der Waals surface area contributed by atoms with E-state index in [0.717, 1.165) is 23.8 Å². The molecule has 0 bridgehead atoms. The van der Waals surface area contributed by atoms with Crippen molar-refractivity contribution in [2.45, 2.75) is 32.2 Å². The third-order valence-corrected chi connectivity index (χ3v) is 3.44. The molecule has 0 aromatic heterocycles. The van der Waals surface area contributed by atoms with Gasteiger partial charge in [-0.15, -0.1) is 0 Å². The molecule has 1 atom stereocenters. The number of methoxy groups -OCH3 is 1. The van der Waals surface area contributed by atoms with Crippen molar-refractivity contribution in [3.8, 4) is 5.75 Å². The van der Waals surface area contributed by atoms with Crippen molar-refractivity contribution in [1.29, 1.82) is 0 Å². The van der Waals surface area contributed by atoms with E-state index in [9.17, 15) is 0 Å². The Morgan fingerprint density at radius 2 is 2.25 bits per heavy atom. The van der Waals surface area contributed by atoms with Crippen LogP contribution in [0, 0.1) is 5.92 Å². The number of rotatable bonds is 5. The zero-order valence-electron chi connectivity index (χ0n) is 9.79. The van der Waals surface area contributed by atoms with Gasteiger partial charge in [0.05, 0.1) is 17.8 Å². The van der Waals surface area contributed by atoms with E-state index in [-0.39, 0.29) is 0 Å². The third-order valence-electron chi connectivity index (χ3n) is 3.14. The number of ether oxygens (including phenoxy) is 1. The second-order valence-corrected chi connectivity index (χ2v) is 4.72. The summed E-state index contributed by atoms with van der Waals surface area (Å²) in [5.41, 5.74) is 1.01. The van der Waals surface area contributed by atoms with Crippen LogP contribution in [-0.2, 0) is 0 Å². The van der Waals surface area contributed by atoms with Crippen molar-refractivity contribution >= 4 is 17.3 Å². The van der Waals surface area contributed by atoms with Crippen LogP contribution < -0.4 is 10.1 Å². The Morgan fingerprint density at radius 3 is 2.81 bits per heavy atom. The average molecular weight is 240 g/mol. The monoisotopic (exact) mass is 239 g/mol. The summed E-state index contributed by atoms with van der Waals surface area (Å²) in [6.07, 6.45) is 3.82. The first-order valence-corrected chi connectivity index (χ1v) is 6.23. The van der Waals surface area contributed by atoms with Gasteiger partial charge in [0.2, 0.25) is 0 Å². The van der Waals surface area contributed by atoms with E-state index in [4.69, 9.17) is 16.3 Å². The Kier molecular flexibility index (Phi) is 3.59. The van der Waals surface area contributed by atoms with Crippen LogP contribution in [0.4, 0.5) is 5.69 Å². The fourth-order valence-electron chi connectivity index (χ4n) is 2.08. The van der Waals surface area contributed by atoms with Crippen LogP contribution in [-0.4, -0.2) is 13.2 Å². The third kappa shape index (κ3) is 2.43. The molecule has 1 saturated carbocycles. The van der Waals surface area contributed by atoms with E-state index < -0.39 is 0 Å². The molecule has 1 unspecified atom stereocenters. The van der Waals surface area contributed by atoms with Gasteiger partial charge in [-0.3, -0.25) is 0 Å². The number of anilines is 1. The zero-order valence-corrected chi connectivity index (χ0v) is 10.6. The highest BCUT2D eigenvalue weighted by Crippen LogP contribution is 2.38. The van der Waals surface area contributed by atoms with Crippen LogP contribution in [0.5, 0.6) is 5.75 Å². The Hall–Kier alpha value is -0.890.